The lowest BCUT2D eigenvalue weighted by Gasteiger charge is -2.26. The van der Waals surface area contributed by atoms with Crippen LogP contribution in [0.25, 0.3) is 0 Å². The van der Waals surface area contributed by atoms with Crippen LogP contribution in [0.4, 0.5) is 0 Å². The van der Waals surface area contributed by atoms with Crippen LogP contribution in [-0.4, -0.2) is 37.3 Å². The van der Waals surface area contributed by atoms with Crippen molar-refractivity contribution in [3.05, 3.63) is 56.5 Å². The molecule has 2 aromatic rings. The van der Waals surface area contributed by atoms with Crippen molar-refractivity contribution in [1.29, 1.82) is 0 Å². The van der Waals surface area contributed by atoms with Crippen LogP contribution < -0.4 is 9.47 Å². The molecule has 132 valence electrons. The van der Waals surface area contributed by atoms with Gasteiger partial charge in [0.15, 0.2) is 0 Å². The minimum absolute atomic E-state index is 0.0252. The molecule has 1 fully saturated rings. The van der Waals surface area contributed by atoms with Crippen LogP contribution in [-0.2, 0) is 0 Å². The van der Waals surface area contributed by atoms with Gasteiger partial charge in [0.25, 0.3) is 5.91 Å². The number of methoxy groups -OCH3 is 2. The fourth-order valence-electron chi connectivity index (χ4n) is 2.78. The van der Waals surface area contributed by atoms with Gasteiger partial charge < -0.3 is 14.4 Å². The molecule has 2 aromatic carbocycles. The Balaban J connectivity index is 1.97. The Morgan fingerprint density at radius 1 is 1.16 bits per heavy atom. The van der Waals surface area contributed by atoms with Crippen LogP contribution in [0.3, 0.4) is 0 Å². The lowest BCUT2D eigenvalue weighted by molar-refractivity contribution is 0.0758. The summed E-state index contributed by atoms with van der Waals surface area (Å²) in [4.78, 5) is 15.1. The summed E-state index contributed by atoms with van der Waals surface area (Å²) in [6.45, 7) is 0.688. The predicted molar refractivity (Wildman–Crippen MR) is 108 cm³/mol. The molecule has 1 unspecified atom stereocenters. The number of thioether (sulfide) groups is 1. The van der Waals surface area contributed by atoms with Crippen molar-refractivity contribution in [1.82, 2.24) is 4.90 Å². The third-order valence-electron chi connectivity index (χ3n) is 4.01. The topological polar surface area (TPSA) is 38.8 Å². The van der Waals surface area contributed by atoms with Gasteiger partial charge in [-0.1, -0.05) is 15.9 Å². The molecule has 0 aromatic heterocycles. The molecule has 0 N–H and O–H groups in total. The number of nitrogens with zero attached hydrogens (tertiary/aromatic N) is 1. The van der Waals surface area contributed by atoms with E-state index in [4.69, 9.17) is 9.47 Å². The summed E-state index contributed by atoms with van der Waals surface area (Å²) in [6, 6.07) is 11.3. The summed E-state index contributed by atoms with van der Waals surface area (Å²) < 4.78 is 12.5. The highest BCUT2D eigenvalue weighted by molar-refractivity contribution is 9.10. The summed E-state index contributed by atoms with van der Waals surface area (Å²) in [5.41, 5.74) is 1.59. The zero-order valence-electron chi connectivity index (χ0n) is 13.8. The molecule has 0 saturated carbocycles. The maximum Gasteiger partial charge on any atom is 0.256 e. The van der Waals surface area contributed by atoms with Crippen LogP contribution in [0, 0.1) is 0 Å². The Morgan fingerprint density at radius 2 is 1.96 bits per heavy atom. The lowest BCUT2D eigenvalue weighted by Crippen LogP contribution is -2.30. The van der Waals surface area contributed by atoms with E-state index in [9.17, 15) is 4.79 Å². The minimum Gasteiger partial charge on any atom is -0.497 e. The highest BCUT2D eigenvalue weighted by Crippen LogP contribution is 2.44. The van der Waals surface area contributed by atoms with Crippen molar-refractivity contribution < 1.29 is 14.3 Å². The van der Waals surface area contributed by atoms with Crippen molar-refractivity contribution in [3.63, 3.8) is 0 Å². The molecule has 1 aliphatic heterocycles. The predicted octanol–water partition coefficient (Wildman–Crippen LogP) is 5.12. The van der Waals surface area contributed by atoms with E-state index in [1.807, 2.05) is 35.2 Å². The van der Waals surface area contributed by atoms with Gasteiger partial charge in [-0.25, -0.2) is 0 Å². The van der Waals surface area contributed by atoms with Crippen molar-refractivity contribution >= 4 is 49.5 Å². The summed E-state index contributed by atoms with van der Waals surface area (Å²) in [7, 11) is 3.25. The van der Waals surface area contributed by atoms with Crippen LogP contribution >= 0.6 is 43.6 Å². The van der Waals surface area contributed by atoms with Gasteiger partial charge in [-0.3, -0.25) is 4.79 Å². The summed E-state index contributed by atoms with van der Waals surface area (Å²) >= 11 is 8.73. The third-order valence-corrected chi connectivity index (χ3v) is 6.44. The summed E-state index contributed by atoms with van der Waals surface area (Å²) in [5, 5.41) is -0.0851. The quantitative estimate of drug-likeness (QED) is 0.601. The normalized spacial score (nSPS) is 16.8. The smallest absolute Gasteiger partial charge is 0.256 e. The largest absolute Gasteiger partial charge is 0.497 e. The maximum absolute atomic E-state index is 13.2. The van der Waals surface area contributed by atoms with E-state index in [0.717, 1.165) is 26.0 Å². The van der Waals surface area contributed by atoms with E-state index >= 15 is 0 Å². The molecule has 0 spiro atoms. The number of halogens is 2. The van der Waals surface area contributed by atoms with Crippen LogP contribution in [0.2, 0.25) is 0 Å². The first kappa shape index (κ1) is 18.6. The van der Waals surface area contributed by atoms with Gasteiger partial charge in [0, 0.05) is 26.8 Å². The van der Waals surface area contributed by atoms with Crippen LogP contribution in [0.5, 0.6) is 11.5 Å². The number of hydrogen-bond acceptors (Lipinski definition) is 4. The zero-order chi connectivity index (χ0) is 18.0. The molecule has 7 heteroatoms. The number of hydrogen-bond donors (Lipinski definition) is 0. The standard InChI is InChI=1S/C18H17Br2NO3S/c1-23-12-4-5-15(20)13(10-12)17(22)21-7-8-25-18(21)14-9-11(19)3-6-16(14)24-2/h3-6,9-10,18H,7-8H2,1-2H3. The van der Waals surface area contributed by atoms with Crippen molar-refractivity contribution in [3.8, 4) is 11.5 Å². The molecule has 0 radical (unpaired) electrons. The number of carbonyl (C=O) groups excluding carboxylic acids is 1. The van der Waals surface area contributed by atoms with Gasteiger partial charge >= 0.3 is 0 Å². The molecule has 0 aliphatic carbocycles. The van der Waals surface area contributed by atoms with Crippen LogP contribution in [0.1, 0.15) is 21.3 Å². The van der Waals surface area contributed by atoms with Gasteiger partial charge in [-0.05, 0) is 52.3 Å². The SMILES string of the molecule is COc1ccc(Br)c(C(=O)N2CCSC2c2cc(Br)ccc2OC)c1. The highest BCUT2D eigenvalue weighted by atomic mass is 79.9. The fraction of sp³-hybridized carbons (Fsp3) is 0.278. The number of rotatable bonds is 4. The zero-order valence-corrected chi connectivity index (χ0v) is 17.8. The monoisotopic (exact) mass is 485 g/mol. The van der Waals surface area contributed by atoms with Gasteiger partial charge in [0.05, 0.1) is 19.8 Å². The fourth-order valence-corrected chi connectivity index (χ4v) is 4.85. The van der Waals surface area contributed by atoms with Crippen LogP contribution in [0.15, 0.2) is 45.3 Å². The summed E-state index contributed by atoms with van der Waals surface area (Å²) in [5.74, 6) is 2.30. The van der Waals surface area contributed by atoms with E-state index < -0.39 is 0 Å². The Hall–Kier alpha value is -1.18. The van der Waals surface area contributed by atoms with E-state index in [0.29, 0.717) is 17.9 Å². The number of ether oxygens (including phenoxy) is 2. The third kappa shape index (κ3) is 3.83. The van der Waals surface area contributed by atoms with E-state index in [-0.39, 0.29) is 11.3 Å². The molecule has 4 nitrogen and oxygen atoms in total. The second-order valence-electron chi connectivity index (χ2n) is 5.45. The molecule has 1 amide bonds. The Labute approximate surface area is 168 Å². The first-order valence-electron chi connectivity index (χ1n) is 7.64. The number of carbonyl (C=O) groups is 1. The molecule has 1 heterocycles. The molecule has 25 heavy (non-hydrogen) atoms. The molecule has 1 aliphatic rings. The van der Waals surface area contributed by atoms with E-state index in [1.54, 1.807) is 32.0 Å². The average Bonchev–Trinajstić information content (AvgIpc) is 3.11. The summed E-state index contributed by atoms with van der Waals surface area (Å²) in [6.07, 6.45) is 0. The van der Waals surface area contributed by atoms with Crippen molar-refractivity contribution in [2.75, 3.05) is 26.5 Å². The molecular formula is C18H17Br2NO3S. The van der Waals surface area contributed by atoms with E-state index in [1.165, 1.54) is 0 Å². The molecule has 1 saturated heterocycles. The van der Waals surface area contributed by atoms with Gasteiger partial charge in [0.2, 0.25) is 0 Å². The van der Waals surface area contributed by atoms with E-state index in [2.05, 4.69) is 31.9 Å². The van der Waals surface area contributed by atoms with Gasteiger partial charge in [0.1, 0.15) is 16.9 Å². The van der Waals surface area contributed by atoms with Crippen molar-refractivity contribution in [2.24, 2.45) is 0 Å². The molecule has 0 bridgehead atoms. The molecule has 3 rings (SSSR count). The highest BCUT2D eigenvalue weighted by Gasteiger charge is 2.34. The minimum atomic E-state index is -0.0851. The molecular weight excluding hydrogens is 470 g/mol. The number of benzene rings is 2. The number of amides is 1. The average molecular weight is 487 g/mol. The Morgan fingerprint density at radius 3 is 2.68 bits per heavy atom. The second-order valence-corrected chi connectivity index (χ2v) is 8.41. The van der Waals surface area contributed by atoms with Crippen molar-refractivity contribution in [2.45, 2.75) is 5.37 Å². The first-order valence-corrected chi connectivity index (χ1v) is 10.3. The second kappa shape index (κ2) is 8.01. The Bertz CT molecular complexity index is 800. The van der Waals surface area contributed by atoms with Gasteiger partial charge in [-0.15, -0.1) is 11.8 Å². The molecule has 1 atom stereocenters. The lowest BCUT2D eigenvalue weighted by atomic mass is 10.1. The Kier molecular flexibility index (Phi) is 5.96. The first-order chi connectivity index (χ1) is 12.0. The van der Waals surface area contributed by atoms with Gasteiger partial charge in [-0.2, -0.15) is 0 Å². The maximum atomic E-state index is 13.2.